The first kappa shape index (κ1) is 17.0. The predicted octanol–water partition coefficient (Wildman–Crippen LogP) is 1.06. The van der Waals surface area contributed by atoms with Crippen molar-refractivity contribution in [2.45, 2.75) is 22.7 Å². The van der Waals surface area contributed by atoms with Gasteiger partial charge in [0.05, 0.1) is 22.3 Å². The Morgan fingerprint density at radius 2 is 2.09 bits per heavy atom. The summed E-state index contributed by atoms with van der Waals surface area (Å²) in [7, 11) is -4.94. The van der Waals surface area contributed by atoms with Gasteiger partial charge in [0.15, 0.2) is 0 Å². The first-order valence-corrected chi connectivity index (χ1v) is 7.80. The number of β-amino-alcohol motifs (C(OH)–C–C–N with tert-alkyl or cyclic N) is 1. The predicted molar refractivity (Wildman–Crippen MR) is 73.7 cm³/mol. The van der Waals surface area contributed by atoms with Crippen LogP contribution in [0.3, 0.4) is 0 Å². The first-order valence-electron chi connectivity index (χ1n) is 6.25. The molecule has 124 valence electrons. The number of nitro groups is 1. The molecule has 1 N–H and O–H groups in total. The molecule has 1 fully saturated rings. The molecule has 1 aliphatic rings. The van der Waals surface area contributed by atoms with E-state index in [1.165, 1.54) is 4.90 Å². The smallest absolute Gasteiger partial charge is 0.341 e. The highest BCUT2D eigenvalue weighted by molar-refractivity contribution is 7.91. The van der Waals surface area contributed by atoms with Crippen LogP contribution in [0.25, 0.3) is 0 Å². The number of benzene rings is 1. The van der Waals surface area contributed by atoms with Gasteiger partial charge in [-0.25, -0.2) is 8.42 Å². The lowest BCUT2D eigenvalue weighted by molar-refractivity contribution is -0.384. The number of alkyl halides is 2. The van der Waals surface area contributed by atoms with Gasteiger partial charge in [0.1, 0.15) is 11.3 Å². The van der Waals surface area contributed by atoms with Crippen molar-refractivity contribution in [1.82, 2.24) is 0 Å². The summed E-state index contributed by atoms with van der Waals surface area (Å²) in [4.78, 5) is 10.7. The van der Waals surface area contributed by atoms with Crippen molar-refractivity contribution >= 4 is 21.2 Å². The number of anilines is 1. The number of aliphatic hydroxyl groups is 1. The summed E-state index contributed by atoms with van der Waals surface area (Å²) in [5, 5.41) is 29.6. The summed E-state index contributed by atoms with van der Waals surface area (Å²) in [5.41, 5.74) is -1.97. The van der Waals surface area contributed by atoms with E-state index in [9.17, 15) is 32.4 Å². The first-order chi connectivity index (χ1) is 10.6. The Hall–Kier alpha value is -2.32. The molecule has 1 saturated heterocycles. The van der Waals surface area contributed by atoms with E-state index < -0.39 is 36.7 Å². The van der Waals surface area contributed by atoms with Gasteiger partial charge in [0, 0.05) is 19.2 Å². The fraction of sp³-hybridized carbons (Fsp3) is 0.417. The van der Waals surface area contributed by atoms with Crippen molar-refractivity contribution in [2.24, 2.45) is 0 Å². The number of hydrogen-bond acceptors (Lipinski definition) is 7. The average Bonchev–Trinajstić information content (AvgIpc) is 2.43. The maximum Gasteiger partial charge on any atom is 0.341 e. The van der Waals surface area contributed by atoms with Crippen LogP contribution in [0.15, 0.2) is 23.1 Å². The Morgan fingerprint density at radius 1 is 1.48 bits per heavy atom. The molecule has 0 amide bonds. The van der Waals surface area contributed by atoms with Crippen LogP contribution in [0.4, 0.5) is 20.2 Å². The number of nitriles is 1. The Bertz CT molecular complexity index is 784. The summed E-state index contributed by atoms with van der Waals surface area (Å²) < 4.78 is 47.8. The summed E-state index contributed by atoms with van der Waals surface area (Å²) in [5.74, 6) is -3.68. The van der Waals surface area contributed by atoms with Gasteiger partial charge in [-0.1, -0.05) is 0 Å². The highest BCUT2D eigenvalue weighted by Gasteiger charge is 2.43. The number of rotatable bonds is 5. The quantitative estimate of drug-likeness (QED) is 0.623. The molecule has 1 heterocycles. The molecule has 0 aromatic heterocycles. The molecule has 8 nitrogen and oxygen atoms in total. The number of halogens is 2. The highest BCUT2D eigenvalue weighted by atomic mass is 32.2. The van der Waals surface area contributed by atoms with Gasteiger partial charge in [-0.05, 0) is 12.1 Å². The molecule has 23 heavy (non-hydrogen) atoms. The summed E-state index contributed by atoms with van der Waals surface area (Å²) in [6, 6.07) is 4.25. The summed E-state index contributed by atoms with van der Waals surface area (Å²) in [6.07, 6.45) is -0.158. The van der Waals surface area contributed by atoms with Crippen molar-refractivity contribution < 1.29 is 27.2 Å². The standard InChI is InChI=1S/C12H11F2N3O5S/c13-11(14)23(21,22)8-1-2-9(10(5-8)17(19)20)16-6-12(18,7-16)3-4-15/h1-2,5,11,18H,3,6-7H2. The van der Waals surface area contributed by atoms with Crippen molar-refractivity contribution in [1.29, 1.82) is 5.26 Å². The molecule has 0 unspecified atom stereocenters. The Labute approximate surface area is 129 Å². The van der Waals surface area contributed by atoms with E-state index in [0.717, 1.165) is 12.1 Å². The Kier molecular flexibility index (Phi) is 4.23. The molecule has 0 bridgehead atoms. The van der Waals surface area contributed by atoms with E-state index in [4.69, 9.17) is 5.26 Å². The zero-order valence-corrected chi connectivity index (χ0v) is 12.3. The maximum absolute atomic E-state index is 12.5. The Morgan fingerprint density at radius 3 is 2.57 bits per heavy atom. The SMILES string of the molecule is N#CCC1(O)CN(c2ccc(S(=O)(=O)C(F)F)cc2[N+](=O)[O-])C1. The van der Waals surface area contributed by atoms with Crippen molar-refractivity contribution in [3.63, 3.8) is 0 Å². The second kappa shape index (κ2) is 5.71. The Balaban J connectivity index is 2.37. The topological polar surface area (TPSA) is 125 Å². The van der Waals surface area contributed by atoms with Crippen LogP contribution in [0.1, 0.15) is 6.42 Å². The van der Waals surface area contributed by atoms with E-state index in [1.54, 1.807) is 6.07 Å². The highest BCUT2D eigenvalue weighted by Crippen LogP contribution is 2.37. The molecule has 0 radical (unpaired) electrons. The molecule has 0 aliphatic carbocycles. The van der Waals surface area contributed by atoms with Gasteiger partial charge < -0.3 is 10.0 Å². The van der Waals surface area contributed by atoms with Crippen molar-refractivity contribution in [3.05, 3.63) is 28.3 Å². The molecule has 1 aliphatic heterocycles. The molecule has 2 rings (SSSR count). The molecule has 0 atom stereocenters. The number of nitrogens with zero attached hydrogens (tertiary/aromatic N) is 3. The van der Waals surface area contributed by atoms with E-state index in [0.29, 0.717) is 6.07 Å². The maximum atomic E-state index is 12.5. The van der Waals surface area contributed by atoms with Crippen LogP contribution >= 0.6 is 0 Å². The zero-order valence-electron chi connectivity index (χ0n) is 11.5. The van der Waals surface area contributed by atoms with Crippen LogP contribution in [-0.4, -0.2) is 42.9 Å². The van der Waals surface area contributed by atoms with Gasteiger partial charge >= 0.3 is 5.76 Å². The van der Waals surface area contributed by atoms with E-state index in [-0.39, 0.29) is 25.2 Å². The van der Waals surface area contributed by atoms with Crippen LogP contribution in [0.2, 0.25) is 0 Å². The monoisotopic (exact) mass is 347 g/mol. The minimum Gasteiger partial charge on any atom is -0.385 e. The third-order valence-corrected chi connectivity index (χ3v) is 4.81. The van der Waals surface area contributed by atoms with Crippen LogP contribution < -0.4 is 4.90 Å². The second-order valence-corrected chi connectivity index (χ2v) is 7.05. The van der Waals surface area contributed by atoms with E-state index >= 15 is 0 Å². The summed E-state index contributed by atoms with van der Waals surface area (Å²) >= 11 is 0. The number of hydrogen-bond donors (Lipinski definition) is 1. The molecular weight excluding hydrogens is 336 g/mol. The number of sulfone groups is 1. The van der Waals surface area contributed by atoms with Crippen molar-refractivity contribution in [2.75, 3.05) is 18.0 Å². The summed E-state index contributed by atoms with van der Waals surface area (Å²) in [6.45, 7) is -0.106. The van der Waals surface area contributed by atoms with Gasteiger partial charge in [-0.3, -0.25) is 10.1 Å². The van der Waals surface area contributed by atoms with Crippen LogP contribution in [0, 0.1) is 21.4 Å². The van der Waals surface area contributed by atoms with Crippen LogP contribution in [0.5, 0.6) is 0 Å². The van der Waals surface area contributed by atoms with Gasteiger partial charge in [-0.15, -0.1) is 0 Å². The average molecular weight is 347 g/mol. The van der Waals surface area contributed by atoms with E-state index in [2.05, 4.69) is 0 Å². The third-order valence-electron chi connectivity index (χ3n) is 3.43. The fourth-order valence-electron chi connectivity index (χ4n) is 2.29. The molecule has 0 saturated carbocycles. The molecule has 11 heteroatoms. The largest absolute Gasteiger partial charge is 0.385 e. The normalized spacial score (nSPS) is 16.7. The van der Waals surface area contributed by atoms with Gasteiger partial charge in [-0.2, -0.15) is 14.0 Å². The minimum atomic E-state index is -4.94. The molecular formula is C12H11F2N3O5S. The zero-order chi connectivity index (χ0) is 17.4. The number of nitro benzene ring substituents is 1. The fourth-order valence-corrected chi connectivity index (χ4v) is 3.03. The molecule has 1 aromatic rings. The third kappa shape index (κ3) is 3.08. The lowest BCUT2D eigenvalue weighted by Crippen LogP contribution is -2.61. The van der Waals surface area contributed by atoms with Crippen molar-refractivity contribution in [3.8, 4) is 6.07 Å². The van der Waals surface area contributed by atoms with E-state index in [1.807, 2.05) is 0 Å². The second-order valence-electron chi connectivity index (χ2n) is 5.13. The molecule has 0 spiro atoms. The molecule has 1 aromatic carbocycles. The van der Waals surface area contributed by atoms with Gasteiger partial charge in [0.2, 0.25) is 9.84 Å². The minimum absolute atomic E-state index is 0.00849. The lowest BCUT2D eigenvalue weighted by Gasteiger charge is -2.46. The lowest BCUT2D eigenvalue weighted by atomic mass is 9.90. The van der Waals surface area contributed by atoms with Crippen LogP contribution in [-0.2, 0) is 9.84 Å². The van der Waals surface area contributed by atoms with Gasteiger partial charge in [0.25, 0.3) is 5.69 Å².